The first-order chi connectivity index (χ1) is 12.1. The molecule has 1 aromatic carbocycles. The van der Waals surface area contributed by atoms with Crippen LogP contribution >= 0.6 is 34.5 Å². The molecule has 0 amide bonds. The number of aliphatic hydroxyl groups excluding tert-OH is 1. The highest BCUT2D eigenvalue weighted by molar-refractivity contribution is 7.13. The van der Waals surface area contributed by atoms with Gasteiger partial charge in [-0.2, -0.15) is 13.2 Å². The van der Waals surface area contributed by atoms with Gasteiger partial charge in [-0.15, -0.1) is 34.5 Å². The number of para-hydroxylation sites is 1. The molecular formula is C15H9Cl2F3N2O3S. The van der Waals surface area contributed by atoms with Crippen LogP contribution in [-0.2, 0) is 11.0 Å². The summed E-state index contributed by atoms with van der Waals surface area (Å²) in [5, 5.41) is 21.5. The number of anilines is 2. The number of thiazole rings is 1. The number of halogens is 5. The Hall–Kier alpha value is -1.97. The summed E-state index contributed by atoms with van der Waals surface area (Å²) in [7, 11) is 0. The van der Waals surface area contributed by atoms with Crippen molar-refractivity contribution in [3.63, 3.8) is 0 Å². The van der Waals surface area contributed by atoms with E-state index in [0.29, 0.717) is 0 Å². The largest absolute Gasteiger partial charge is 0.507 e. The number of hydrogen-bond acceptors (Lipinski definition) is 5. The minimum atomic E-state index is -4.76. The molecule has 2 aromatic rings. The number of aliphatic carboxylic acids is 1. The van der Waals surface area contributed by atoms with E-state index in [1.807, 2.05) is 0 Å². The zero-order chi connectivity index (χ0) is 19.2. The number of hydrogen-bond donors (Lipinski definition) is 2. The van der Waals surface area contributed by atoms with Gasteiger partial charge in [0, 0.05) is 17.1 Å². The van der Waals surface area contributed by atoms with Crippen LogP contribution in [0.25, 0.3) is 5.76 Å². The highest BCUT2D eigenvalue weighted by Crippen LogP contribution is 2.49. The Bertz CT molecular complexity index is 885. The maximum absolute atomic E-state index is 13.6. The molecule has 1 unspecified atom stereocenters. The molecule has 3 rings (SSSR count). The van der Waals surface area contributed by atoms with Gasteiger partial charge in [-0.25, -0.2) is 9.78 Å². The molecule has 1 atom stereocenters. The molecule has 138 valence electrons. The number of carbonyl (C=O) groups is 1. The Balaban J connectivity index is 2.42. The van der Waals surface area contributed by atoms with Crippen LogP contribution < -0.4 is 4.90 Å². The van der Waals surface area contributed by atoms with Gasteiger partial charge < -0.3 is 15.1 Å². The smallest absolute Gasteiger partial charge is 0.418 e. The molecule has 0 fully saturated rings. The first-order valence-corrected chi connectivity index (χ1v) is 8.73. The van der Waals surface area contributed by atoms with Crippen molar-refractivity contribution in [2.24, 2.45) is 0 Å². The summed E-state index contributed by atoms with van der Waals surface area (Å²) in [5.41, 5.74) is -2.42. The number of alkyl halides is 5. The summed E-state index contributed by atoms with van der Waals surface area (Å²) < 4.78 is 40.7. The normalized spacial score (nSPS) is 17.6. The second-order valence-corrected chi connectivity index (χ2v) is 7.27. The van der Waals surface area contributed by atoms with Crippen molar-refractivity contribution in [2.75, 3.05) is 4.90 Å². The molecule has 5 nitrogen and oxygen atoms in total. The van der Waals surface area contributed by atoms with Gasteiger partial charge in [-0.1, -0.05) is 6.07 Å². The van der Waals surface area contributed by atoms with Crippen molar-refractivity contribution in [3.05, 3.63) is 46.5 Å². The lowest BCUT2D eigenvalue weighted by Gasteiger charge is -2.39. The monoisotopic (exact) mass is 424 g/mol. The molecule has 2 N–H and O–H groups in total. The molecule has 0 radical (unpaired) electrons. The molecule has 2 heterocycles. The van der Waals surface area contributed by atoms with Crippen LogP contribution in [0.1, 0.15) is 11.1 Å². The lowest BCUT2D eigenvalue weighted by molar-refractivity contribution is -0.137. The average molecular weight is 425 g/mol. The number of rotatable bonds is 3. The van der Waals surface area contributed by atoms with E-state index in [1.165, 1.54) is 17.6 Å². The highest BCUT2D eigenvalue weighted by Gasteiger charge is 2.46. The molecule has 11 heteroatoms. The number of nitrogens with zero attached hydrogens (tertiary/aromatic N) is 2. The van der Waals surface area contributed by atoms with E-state index in [-0.39, 0.29) is 10.7 Å². The molecule has 0 aliphatic carbocycles. The Morgan fingerprint density at radius 2 is 2.04 bits per heavy atom. The second kappa shape index (κ2) is 6.64. The van der Waals surface area contributed by atoms with E-state index in [1.54, 1.807) is 0 Å². The van der Waals surface area contributed by atoms with Crippen molar-refractivity contribution < 1.29 is 28.2 Å². The predicted octanol–water partition coefficient (Wildman–Crippen LogP) is 4.84. The van der Waals surface area contributed by atoms with Crippen LogP contribution in [0.4, 0.5) is 24.0 Å². The quantitative estimate of drug-likeness (QED) is 0.689. The zero-order valence-electron chi connectivity index (χ0n) is 12.5. The highest BCUT2D eigenvalue weighted by atomic mass is 35.5. The van der Waals surface area contributed by atoms with E-state index in [9.17, 15) is 28.2 Å². The van der Waals surface area contributed by atoms with E-state index in [0.717, 1.165) is 28.4 Å². The van der Waals surface area contributed by atoms with Crippen LogP contribution in [0.5, 0.6) is 0 Å². The lowest BCUT2D eigenvalue weighted by Crippen LogP contribution is -2.44. The molecule has 0 spiro atoms. The third-order valence-corrected chi connectivity index (χ3v) is 5.01. The van der Waals surface area contributed by atoms with Crippen LogP contribution in [-0.4, -0.2) is 32.0 Å². The second-order valence-electron chi connectivity index (χ2n) is 5.23. The molecule has 0 saturated heterocycles. The van der Waals surface area contributed by atoms with Gasteiger partial charge in [-0.05, 0) is 12.1 Å². The number of fused-ring (bicyclic) bond motifs is 1. The minimum Gasteiger partial charge on any atom is -0.507 e. The summed E-state index contributed by atoms with van der Waals surface area (Å²) in [6.45, 7) is 0. The van der Waals surface area contributed by atoms with Gasteiger partial charge in [0.2, 0.25) is 0 Å². The summed E-state index contributed by atoms with van der Waals surface area (Å²) >= 11 is 12.8. The van der Waals surface area contributed by atoms with E-state index in [4.69, 9.17) is 23.2 Å². The summed E-state index contributed by atoms with van der Waals surface area (Å²) in [6, 6.07) is 1.62. The van der Waals surface area contributed by atoms with E-state index < -0.39 is 45.6 Å². The van der Waals surface area contributed by atoms with Crippen molar-refractivity contribution in [3.8, 4) is 0 Å². The fraction of sp³-hybridized carbons (Fsp3) is 0.200. The number of aliphatic hydroxyl groups is 1. The van der Waals surface area contributed by atoms with Gasteiger partial charge >= 0.3 is 12.1 Å². The average Bonchev–Trinajstić information content (AvgIpc) is 3.06. The van der Waals surface area contributed by atoms with Gasteiger partial charge in [0.25, 0.3) is 0 Å². The van der Waals surface area contributed by atoms with Crippen molar-refractivity contribution in [1.82, 2.24) is 4.98 Å². The van der Waals surface area contributed by atoms with Gasteiger partial charge in [0.1, 0.15) is 22.2 Å². The Morgan fingerprint density at radius 3 is 2.54 bits per heavy atom. The van der Waals surface area contributed by atoms with Gasteiger partial charge in [0.15, 0.2) is 5.13 Å². The predicted molar refractivity (Wildman–Crippen MR) is 92.2 cm³/mol. The third-order valence-electron chi connectivity index (χ3n) is 3.76. The van der Waals surface area contributed by atoms with Crippen molar-refractivity contribution in [2.45, 2.75) is 17.1 Å². The standard InChI is InChI=1S/C15H9Cl2F3N2O3S/c16-12(17)10-8(13(24)25)11(23)6-2-1-3-7(15(18,19)20)9(6)22(10)14-21-4-5-26-14/h1-5,10,12,23H,(H,24,25). The maximum Gasteiger partial charge on any atom is 0.418 e. The topological polar surface area (TPSA) is 73.7 Å². The van der Waals surface area contributed by atoms with E-state index in [2.05, 4.69) is 4.98 Å². The maximum atomic E-state index is 13.6. The molecule has 26 heavy (non-hydrogen) atoms. The van der Waals surface area contributed by atoms with Crippen LogP contribution in [0, 0.1) is 0 Å². The minimum absolute atomic E-state index is 0.0606. The molecule has 1 aromatic heterocycles. The number of benzene rings is 1. The van der Waals surface area contributed by atoms with Gasteiger partial charge in [0.05, 0.1) is 11.3 Å². The molecular weight excluding hydrogens is 416 g/mol. The Kier molecular flexibility index (Phi) is 4.80. The first kappa shape index (κ1) is 18.8. The molecule has 1 aliphatic rings. The molecule has 0 saturated carbocycles. The van der Waals surface area contributed by atoms with Crippen LogP contribution in [0.3, 0.4) is 0 Å². The Morgan fingerprint density at radius 1 is 1.35 bits per heavy atom. The number of aromatic nitrogens is 1. The summed E-state index contributed by atoms with van der Waals surface area (Å²) in [5.74, 6) is -2.37. The lowest BCUT2D eigenvalue weighted by atomic mass is 9.92. The van der Waals surface area contributed by atoms with Gasteiger partial charge in [-0.3, -0.25) is 0 Å². The molecule has 1 aliphatic heterocycles. The van der Waals surface area contributed by atoms with Crippen LogP contribution in [0.15, 0.2) is 35.3 Å². The number of carboxylic acids is 1. The third kappa shape index (κ3) is 3.00. The first-order valence-electron chi connectivity index (χ1n) is 6.98. The molecule has 0 bridgehead atoms. The fourth-order valence-electron chi connectivity index (χ4n) is 2.79. The van der Waals surface area contributed by atoms with Crippen molar-refractivity contribution >= 4 is 57.1 Å². The summed E-state index contributed by atoms with van der Waals surface area (Å²) in [4.78, 5) is 15.2. The SMILES string of the molecule is O=C(O)C1=C(O)c2cccc(C(F)(F)F)c2N(c2nccs2)C1C(Cl)Cl. The summed E-state index contributed by atoms with van der Waals surface area (Å²) in [6.07, 6.45) is -3.41. The fourth-order valence-corrected chi connectivity index (χ4v) is 3.95. The Labute approximate surface area is 158 Å². The van der Waals surface area contributed by atoms with E-state index >= 15 is 0 Å². The zero-order valence-corrected chi connectivity index (χ0v) is 14.9. The number of carboxylic acid groups (broad SMARTS) is 1. The van der Waals surface area contributed by atoms with Crippen molar-refractivity contribution in [1.29, 1.82) is 0 Å². The van der Waals surface area contributed by atoms with Crippen LogP contribution in [0.2, 0.25) is 0 Å².